The standard InChI is InChI=1S/C14H21ClN2O/c1-17(10-14(18)6-2-3-7-14)9-11-4-5-12(15)8-13(11)16/h4-5,8,18H,2-3,6-7,9-10,16H2,1H3. The first-order chi connectivity index (χ1) is 8.48. The van der Waals surface area contributed by atoms with E-state index in [1.54, 1.807) is 6.07 Å². The summed E-state index contributed by atoms with van der Waals surface area (Å²) in [6, 6.07) is 5.58. The van der Waals surface area contributed by atoms with Gasteiger partial charge in [-0.3, -0.25) is 4.90 Å². The van der Waals surface area contributed by atoms with Crippen molar-refractivity contribution in [2.24, 2.45) is 0 Å². The van der Waals surface area contributed by atoms with Crippen molar-refractivity contribution in [2.45, 2.75) is 37.8 Å². The molecule has 2 rings (SSSR count). The zero-order chi connectivity index (χ0) is 13.2. The SMILES string of the molecule is CN(Cc1ccc(Cl)cc1N)CC1(O)CCCC1. The van der Waals surface area contributed by atoms with Crippen LogP contribution in [0.3, 0.4) is 0 Å². The fourth-order valence-corrected chi connectivity index (χ4v) is 2.93. The van der Waals surface area contributed by atoms with Gasteiger partial charge in [0.05, 0.1) is 5.60 Å². The van der Waals surface area contributed by atoms with E-state index >= 15 is 0 Å². The number of nitrogens with two attached hydrogens (primary N) is 1. The van der Waals surface area contributed by atoms with Crippen LogP contribution in [0.5, 0.6) is 0 Å². The van der Waals surface area contributed by atoms with Crippen molar-refractivity contribution in [3.8, 4) is 0 Å². The molecule has 0 amide bonds. The van der Waals surface area contributed by atoms with Gasteiger partial charge in [0.1, 0.15) is 0 Å². The second-order valence-corrected chi connectivity index (χ2v) is 5.88. The quantitative estimate of drug-likeness (QED) is 0.826. The molecule has 0 spiro atoms. The number of nitrogen functional groups attached to an aromatic ring is 1. The molecule has 100 valence electrons. The Kier molecular flexibility index (Phi) is 4.15. The molecule has 1 aromatic carbocycles. The van der Waals surface area contributed by atoms with Crippen molar-refractivity contribution in [1.29, 1.82) is 0 Å². The van der Waals surface area contributed by atoms with Crippen LogP contribution in [0.4, 0.5) is 5.69 Å². The van der Waals surface area contributed by atoms with E-state index in [1.807, 2.05) is 19.2 Å². The Bertz CT molecular complexity index is 416. The highest BCUT2D eigenvalue weighted by atomic mass is 35.5. The number of likely N-dealkylation sites (N-methyl/N-ethyl adjacent to an activating group) is 1. The average molecular weight is 269 g/mol. The highest BCUT2D eigenvalue weighted by molar-refractivity contribution is 6.30. The summed E-state index contributed by atoms with van der Waals surface area (Å²) in [5.74, 6) is 0. The zero-order valence-electron chi connectivity index (χ0n) is 10.8. The molecule has 0 atom stereocenters. The van der Waals surface area contributed by atoms with Crippen LogP contribution < -0.4 is 5.73 Å². The summed E-state index contributed by atoms with van der Waals surface area (Å²) in [4.78, 5) is 2.13. The highest BCUT2D eigenvalue weighted by Crippen LogP contribution is 2.30. The smallest absolute Gasteiger partial charge is 0.0774 e. The Balaban J connectivity index is 1.96. The molecule has 0 unspecified atom stereocenters. The Labute approximate surface area is 114 Å². The van der Waals surface area contributed by atoms with Gasteiger partial charge in [0.25, 0.3) is 0 Å². The minimum Gasteiger partial charge on any atom is -0.398 e. The lowest BCUT2D eigenvalue weighted by Crippen LogP contribution is -2.38. The highest BCUT2D eigenvalue weighted by Gasteiger charge is 2.32. The third-order valence-electron chi connectivity index (χ3n) is 3.65. The van der Waals surface area contributed by atoms with Crippen LogP contribution in [0.2, 0.25) is 5.02 Å². The fourth-order valence-electron chi connectivity index (χ4n) is 2.75. The molecular weight excluding hydrogens is 248 g/mol. The van der Waals surface area contributed by atoms with Gasteiger partial charge in [0.2, 0.25) is 0 Å². The molecule has 1 aliphatic rings. The predicted molar refractivity (Wildman–Crippen MR) is 75.6 cm³/mol. The summed E-state index contributed by atoms with van der Waals surface area (Å²) in [6.07, 6.45) is 4.09. The van der Waals surface area contributed by atoms with Gasteiger partial charge in [-0.25, -0.2) is 0 Å². The lowest BCUT2D eigenvalue weighted by atomic mass is 10.0. The third-order valence-corrected chi connectivity index (χ3v) is 3.88. The number of rotatable bonds is 4. The summed E-state index contributed by atoms with van der Waals surface area (Å²) in [6.45, 7) is 1.44. The first kappa shape index (κ1) is 13.7. The van der Waals surface area contributed by atoms with Crippen LogP contribution >= 0.6 is 11.6 Å². The number of halogens is 1. The fraction of sp³-hybridized carbons (Fsp3) is 0.571. The van der Waals surface area contributed by atoms with Gasteiger partial charge >= 0.3 is 0 Å². The maximum Gasteiger partial charge on any atom is 0.0774 e. The monoisotopic (exact) mass is 268 g/mol. The molecular formula is C14H21ClN2O. The Morgan fingerprint density at radius 1 is 1.39 bits per heavy atom. The van der Waals surface area contributed by atoms with Gasteiger partial charge in [-0.15, -0.1) is 0 Å². The molecule has 0 heterocycles. The van der Waals surface area contributed by atoms with E-state index in [2.05, 4.69) is 4.90 Å². The van der Waals surface area contributed by atoms with Crippen LogP contribution in [-0.4, -0.2) is 29.2 Å². The van der Waals surface area contributed by atoms with E-state index in [9.17, 15) is 5.11 Å². The van der Waals surface area contributed by atoms with Gasteiger partial charge in [0.15, 0.2) is 0 Å². The number of hydrogen-bond acceptors (Lipinski definition) is 3. The van der Waals surface area contributed by atoms with E-state index < -0.39 is 5.60 Å². The largest absolute Gasteiger partial charge is 0.398 e. The van der Waals surface area contributed by atoms with Crippen molar-refractivity contribution in [1.82, 2.24) is 4.90 Å². The first-order valence-electron chi connectivity index (χ1n) is 6.43. The molecule has 1 saturated carbocycles. The molecule has 4 heteroatoms. The summed E-state index contributed by atoms with van der Waals surface area (Å²) in [7, 11) is 2.02. The molecule has 1 aromatic rings. The van der Waals surface area contributed by atoms with Crippen molar-refractivity contribution >= 4 is 17.3 Å². The Morgan fingerprint density at radius 3 is 2.67 bits per heavy atom. The van der Waals surface area contributed by atoms with Crippen LogP contribution in [0.1, 0.15) is 31.2 Å². The number of nitrogens with zero attached hydrogens (tertiary/aromatic N) is 1. The van der Waals surface area contributed by atoms with E-state index in [-0.39, 0.29) is 0 Å². The van der Waals surface area contributed by atoms with Gasteiger partial charge in [-0.1, -0.05) is 30.5 Å². The van der Waals surface area contributed by atoms with Crippen LogP contribution in [-0.2, 0) is 6.54 Å². The molecule has 3 nitrogen and oxygen atoms in total. The molecule has 1 aliphatic carbocycles. The molecule has 0 bridgehead atoms. The number of hydrogen-bond donors (Lipinski definition) is 2. The van der Waals surface area contributed by atoms with E-state index in [0.717, 1.165) is 37.8 Å². The minimum absolute atomic E-state index is 0.504. The summed E-state index contributed by atoms with van der Waals surface area (Å²) >= 11 is 5.88. The Hall–Kier alpha value is -0.770. The molecule has 3 N–H and O–H groups in total. The summed E-state index contributed by atoms with van der Waals surface area (Å²) < 4.78 is 0. The van der Waals surface area contributed by atoms with Gasteiger partial charge in [0, 0.05) is 23.8 Å². The first-order valence-corrected chi connectivity index (χ1v) is 6.81. The predicted octanol–water partition coefficient (Wildman–Crippen LogP) is 2.66. The maximum absolute atomic E-state index is 10.4. The lowest BCUT2D eigenvalue weighted by molar-refractivity contribution is 0.0146. The molecule has 0 aromatic heterocycles. The molecule has 0 aliphatic heterocycles. The van der Waals surface area contributed by atoms with Crippen molar-refractivity contribution in [2.75, 3.05) is 19.3 Å². The van der Waals surface area contributed by atoms with Gasteiger partial charge < -0.3 is 10.8 Å². The van der Waals surface area contributed by atoms with Crippen LogP contribution in [0.15, 0.2) is 18.2 Å². The third kappa shape index (κ3) is 3.37. The number of aliphatic hydroxyl groups is 1. The van der Waals surface area contributed by atoms with Crippen LogP contribution in [0.25, 0.3) is 0 Å². The van der Waals surface area contributed by atoms with Crippen molar-refractivity contribution in [3.05, 3.63) is 28.8 Å². The van der Waals surface area contributed by atoms with Crippen LogP contribution in [0, 0.1) is 0 Å². The van der Waals surface area contributed by atoms with E-state index in [1.165, 1.54) is 0 Å². The summed E-state index contributed by atoms with van der Waals surface area (Å²) in [5, 5.41) is 11.0. The maximum atomic E-state index is 10.4. The molecule has 18 heavy (non-hydrogen) atoms. The van der Waals surface area contributed by atoms with Gasteiger partial charge in [-0.2, -0.15) is 0 Å². The second kappa shape index (κ2) is 5.47. The summed E-state index contributed by atoms with van der Waals surface area (Å²) in [5.41, 5.74) is 7.21. The van der Waals surface area contributed by atoms with E-state index in [4.69, 9.17) is 17.3 Å². The number of anilines is 1. The topological polar surface area (TPSA) is 49.5 Å². The van der Waals surface area contributed by atoms with Crippen molar-refractivity contribution in [3.63, 3.8) is 0 Å². The average Bonchev–Trinajstić information content (AvgIpc) is 2.69. The number of benzene rings is 1. The second-order valence-electron chi connectivity index (χ2n) is 5.45. The lowest BCUT2D eigenvalue weighted by Gasteiger charge is -2.28. The zero-order valence-corrected chi connectivity index (χ0v) is 11.6. The molecule has 0 saturated heterocycles. The molecule has 0 radical (unpaired) electrons. The van der Waals surface area contributed by atoms with E-state index in [0.29, 0.717) is 17.3 Å². The molecule has 1 fully saturated rings. The van der Waals surface area contributed by atoms with Gasteiger partial charge in [-0.05, 0) is 37.6 Å². The Morgan fingerprint density at radius 2 is 2.06 bits per heavy atom. The van der Waals surface area contributed by atoms with Crippen molar-refractivity contribution < 1.29 is 5.11 Å². The minimum atomic E-state index is -0.504. The normalized spacial score (nSPS) is 18.4.